The quantitative estimate of drug-likeness (QED) is 0.359. The molecule has 10 nitrogen and oxygen atoms in total. The zero-order valence-electron chi connectivity index (χ0n) is 22.0. The van der Waals surface area contributed by atoms with Crippen LogP contribution in [-0.2, 0) is 38.1 Å². The lowest BCUT2D eigenvalue weighted by Crippen LogP contribution is -2.77. The molecule has 0 radical (unpaired) electrons. The summed E-state index contributed by atoms with van der Waals surface area (Å²) in [5, 5.41) is 0. The van der Waals surface area contributed by atoms with Gasteiger partial charge in [-0.3, -0.25) is 9.59 Å². The second-order valence-electron chi connectivity index (χ2n) is 10.9. The van der Waals surface area contributed by atoms with Crippen LogP contribution < -0.4 is 10.5 Å². The van der Waals surface area contributed by atoms with Crippen LogP contribution in [-0.4, -0.2) is 54.1 Å². The van der Waals surface area contributed by atoms with E-state index < -0.39 is 30.0 Å². The minimum Gasteiger partial charge on any atom is -0.469 e. The summed E-state index contributed by atoms with van der Waals surface area (Å²) in [6.45, 7) is 0. The van der Waals surface area contributed by atoms with E-state index in [1.54, 1.807) is 48.5 Å². The van der Waals surface area contributed by atoms with E-state index in [2.05, 4.69) is 9.46 Å². The summed E-state index contributed by atoms with van der Waals surface area (Å²) in [4.78, 5) is 22.9. The zero-order valence-corrected chi connectivity index (χ0v) is 25.2. The molecule has 0 spiro atoms. The summed E-state index contributed by atoms with van der Waals surface area (Å²) in [7, 11) is 0.799. The van der Waals surface area contributed by atoms with Gasteiger partial charge in [-0.15, -0.1) is 12.4 Å². The summed E-state index contributed by atoms with van der Waals surface area (Å²) in [5.74, 6) is -0.298. The number of nitrogens with two attached hydrogens (primary N) is 1. The summed E-state index contributed by atoms with van der Waals surface area (Å²) in [6, 6.07) is 16.1. The number of hydrogen-bond donors (Lipinski definition) is 2. The molecule has 2 aromatic rings. The van der Waals surface area contributed by atoms with Crippen molar-refractivity contribution in [2.75, 3.05) is 14.2 Å². The first-order valence-corrected chi connectivity index (χ1v) is 16.0. The highest BCUT2D eigenvalue weighted by atomic mass is 35.7. The molecule has 0 aromatic heterocycles. The number of carbonyl (C=O) groups excluding carboxylic acids is 2. The zero-order chi connectivity index (χ0) is 28.7. The topological polar surface area (TPSA) is 159 Å². The molecule has 6 aliphatic rings. The Balaban J connectivity index is 0.000000178. The first kappa shape index (κ1) is 32.3. The predicted octanol–water partition coefficient (Wildman–Crippen LogP) is 3.14. The number of methoxy groups -OCH3 is 2. The van der Waals surface area contributed by atoms with E-state index in [-0.39, 0.29) is 45.1 Å². The van der Waals surface area contributed by atoms with E-state index in [0.29, 0.717) is 19.3 Å². The van der Waals surface area contributed by atoms with Gasteiger partial charge in [0.05, 0.1) is 34.8 Å². The lowest BCUT2D eigenvalue weighted by molar-refractivity contribution is -0.197. The maximum Gasteiger partial charge on any atom is 0.312 e. The summed E-state index contributed by atoms with van der Waals surface area (Å²) < 4.78 is 57.7. The van der Waals surface area contributed by atoms with Crippen molar-refractivity contribution in [1.82, 2.24) is 4.72 Å². The van der Waals surface area contributed by atoms with Gasteiger partial charge < -0.3 is 15.2 Å². The molecule has 6 aliphatic carbocycles. The molecule has 0 saturated heterocycles. The number of nitrogens with one attached hydrogen (secondary N) is 1. The number of ether oxygens (including phenoxy) is 2. The van der Waals surface area contributed by atoms with E-state index in [1.807, 2.05) is 0 Å². The summed E-state index contributed by atoms with van der Waals surface area (Å²) in [6.07, 6.45) is 4.14. The predicted molar refractivity (Wildman–Crippen MR) is 150 cm³/mol. The molecule has 6 saturated carbocycles. The van der Waals surface area contributed by atoms with Crippen molar-refractivity contribution in [1.29, 1.82) is 0 Å². The molecule has 6 fully saturated rings. The third-order valence-electron chi connectivity index (χ3n) is 7.77. The van der Waals surface area contributed by atoms with Crippen LogP contribution in [0.4, 0.5) is 0 Å². The van der Waals surface area contributed by atoms with Crippen molar-refractivity contribution in [2.45, 2.75) is 59.4 Å². The van der Waals surface area contributed by atoms with Gasteiger partial charge in [0.25, 0.3) is 9.05 Å². The highest BCUT2D eigenvalue weighted by molar-refractivity contribution is 8.13. The van der Waals surface area contributed by atoms with E-state index >= 15 is 0 Å². The van der Waals surface area contributed by atoms with Crippen molar-refractivity contribution >= 4 is 54.1 Å². The molecule has 0 atom stereocenters. The number of sulfonamides is 1. The Morgan fingerprint density at radius 2 is 1.12 bits per heavy atom. The average Bonchev–Trinajstić information content (AvgIpc) is 2.83. The maximum atomic E-state index is 12.2. The van der Waals surface area contributed by atoms with E-state index in [0.717, 1.165) is 19.3 Å². The first-order valence-electron chi connectivity index (χ1n) is 12.2. The molecule has 8 rings (SSSR count). The maximum absolute atomic E-state index is 12.2. The molecular formula is C26H32Cl2N2O8S2. The smallest absolute Gasteiger partial charge is 0.312 e. The molecule has 40 heavy (non-hydrogen) atoms. The molecule has 220 valence electrons. The Labute approximate surface area is 244 Å². The van der Waals surface area contributed by atoms with Gasteiger partial charge in [-0.2, -0.15) is 0 Å². The van der Waals surface area contributed by atoms with Gasteiger partial charge in [0.2, 0.25) is 10.0 Å². The highest BCUT2D eigenvalue weighted by Gasteiger charge is 2.73. The highest BCUT2D eigenvalue weighted by Crippen LogP contribution is 2.68. The third-order valence-corrected chi connectivity index (χ3v) is 10.7. The number of carbonyl (C=O) groups is 2. The number of rotatable bonds is 6. The Hall–Kier alpha value is -2.22. The van der Waals surface area contributed by atoms with Gasteiger partial charge >= 0.3 is 11.9 Å². The van der Waals surface area contributed by atoms with Crippen LogP contribution in [0.25, 0.3) is 0 Å². The number of benzene rings is 2. The SMILES string of the molecule is COC(=O)C12CC(N)(C1)C2.COC(=O)C12CC(NS(=O)(=O)c3ccccc3)(C1)C2.Cl.O=S(=O)(Cl)c1ccccc1. The fourth-order valence-corrected chi connectivity index (χ4v) is 8.37. The van der Waals surface area contributed by atoms with Crippen molar-refractivity contribution in [3.63, 3.8) is 0 Å². The molecule has 0 heterocycles. The van der Waals surface area contributed by atoms with Crippen LogP contribution in [0.1, 0.15) is 38.5 Å². The molecule has 4 bridgehead atoms. The number of esters is 2. The third kappa shape index (κ3) is 6.17. The van der Waals surface area contributed by atoms with Gasteiger partial charge in [0.1, 0.15) is 0 Å². The molecule has 0 aliphatic heterocycles. The second kappa shape index (κ2) is 11.2. The minimum absolute atomic E-state index is 0. The number of halogens is 2. The van der Waals surface area contributed by atoms with Gasteiger partial charge in [-0.1, -0.05) is 36.4 Å². The van der Waals surface area contributed by atoms with Gasteiger partial charge in [0.15, 0.2) is 0 Å². The van der Waals surface area contributed by atoms with Crippen molar-refractivity contribution < 1.29 is 35.9 Å². The first-order chi connectivity index (χ1) is 18.1. The number of hydrogen-bond acceptors (Lipinski definition) is 9. The van der Waals surface area contributed by atoms with Crippen molar-refractivity contribution in [3.05, 3.63) is 60.7 Å². The van der Waals surface area contributed by atoms with Crippen LogP contribution >= 0.6 is 23.1 Å². The van der Waals surface area contributed by atoms with Gasteiger partial charge in [0, 0.05) is 21.8 Å². The Kier molecular flexibility index (Phi) is 9.06. The minimum atomic E-state index is -3.53. The average molecular weight is 636 g/mol. The van der Waals surface area contributed by atoms with E-state index in [1.165, 1.54) is 26.4 Å². The van der Waals surface area contributed by atoms with Gasteiger partial charge in [-0.25, -0.2) is 21.6 Å². The lowest BCUT2D eigenvalue weighted by Gasteiger charge is -2.68. The lowest BCUT2D eigenvalue weighted by atomic mass is 9.40. The Bertz CT molecular complexity index is 1430. The molecule has 0 unspecified atom stereocenters. The van der Waals surface area contributed by atoms with Crippen molar-refractivity contribution in [3.8, 4) is 0 Å². The fraction of sp³-hybridized carbons (Fsp3) is 0.462. The standard InChI is InChI=1S/C13H15NO4S.C7H11NO2.C6H5ClO2S.ClH/c1-18-11(15)12-7-13(8-12,9-12)14-19(16,17)10-5-3-2-4-6-10;1-10-5(9)6-2-7(8,3-6)4-6;7-10(8,9)6-4-2-1-3-5-6;/h2-6,14H,7-9H2,1H3;2-4,8H2,1H3;1-5H;1H. The molecule has 3 N–H and O–H groups in total. The molecular weight excluding hydrogens is 603 g/mol. The Morgan fingerprint density at radius 1 is 0.750 bits per heavy atom. The summed E-state index contributed by atoms with van der Waals surface area (Å²) >= 11 is 0. The molecule has 14 heteroatoms. The van der Waals surface area contributed by atoms with Crippen LogP contribution in [0.5, 0.6) is 0 Å². The van der Waals surface area contributed by atoms with Crippen LogP contribution in [0.15, 0.2) is 70.5 Å². The molecule has 2 aromatic carbocycles. The summed E-state index contributed by atoms with van der Waals surface area (Å²) in [5.41, 5.74) is 4.74. The normalized spacial score (nSPS) is 30.3. The largest absolute Gasteiger partial charge is 0.469 e. The van der Waals surface area contributed by atoms with Gasteiger partial charge in [-0.05, 0) is 62.8 Å². The van der Waals surface area contributed by atoms with Crippen LogP contribution in [0, 0.1) is 10.8 Å². The van der Waals surface area contributed by atoms with Crippen molar-refractivity contribution in [2.24, 2.45) is 16.6 Å². The van der Waals surface area contributed by atoms with Crippen LogP contribution in [0.2, 0.25) is 0 Å². The van der Waals surface area contributed by atoms with E-state index in [4.69, 9.17) is 21.2 Å². The van der Waals surface area contributed by atoms with Crippen LogP contribution in [0.3, 0.4) is 0 Å². The monoisotopic (exact) mass is 634 g/mol. The molecule has 0 amide bonds. The second-order valence-corrected chi connectivity index (χ2v) is 15.2. The van der Waals surface area contributed by atoms with E-state index in [9.17, 15) is 26.4 Å². The Morgan fingerprint density at radius 3 is 1.45 bits per heavy atom. The fourth-order valence-electron chi connectivity index (χ4n) is 6.16.